The molecule has 0 atom stereocenters. The largest absolute Gasteiger partial charge is 0.496 e. The molecular weight excluding hydrogens is 440 g/mol. The summed E-state index contributed by atoms with van der Waals surface area (Å²) in [6.07, 6.45) is 9.13. The van der Waals surface area contributed by atoms with Crippen LogP contribution in [-0.2, 0) is 45.3 Å². The van der Waals surface area contributed by atoms with Crippen LogP contribution < -0.4 is 19.3 Å². The molecule has 0 bridgehead atoms. The van der Waals surface area contributed by atoms with Crippen molar-refractivity contribution in [2.75, 3.05) is 50.2 Å². The van der Waals surface area contributed by atoms with Crippen LogP contribution in [0, 0.1) is 0 Å². The number of hydrogen-bond donors (Lipinski definition) is 2. The molecule has 4 aliphatic rings. The van der Waals surface area contributed by atoms with Gasteiger partial charge in [-0.15, -0.1) is 0 Å². The van der Waals surface area contributed by atoms with Gasteiger partial charge in [0.2, 0.25) is 0 Å². The molecule has 2 aromatic carbocycles. The first-order valence-electron chi connectivity index (χ1n) is 13.4. The third-order valence-electron chi connectivity index (χ3n) is 8.83. The Morgan fingerprint density at radius 1 is 0.571 bits per heavy atom. The Balaban J connectivity index is 1.59. The van der Waals surface area contributed by atoms with Crippen molar-refractivity contribution in [3.8, 4) is 11.5 Å². The summed E-state index contributed by atoms with van der Waals surface area (Å²) in [6.45, 7) is 4.33. The Morgan fingerprint density at radius 2 is 0.971 bits per heavy atom. The number of nitrogens with zero attached hydrogens (tertiary/aromatic N) is 2. The van der Waals surface area contributed by atoms with Crippen molar-refractivity contribution in [2.24, 2.45) is 0 Å². The van der Waals surface area contributed by atoms with Crippen molar-refractivity contribution >= 4 is 11.4 Å². The minimum atomic E-state index is -0.00497. The average molecular weight is 479 g/mol. The highest BCUT2D eigenvalue weighted by Gasteiger charge is 2.35. The van der Waals surface area contributed by atoms with Crippen molar-refractivity contribution in [2.45, 2.75) is 71.0 Å². The Labute approximate surface area is 208 Å². The van der Waals surface area contributed by atoms with Crippen molar-refractivity contribution in [1.29, 1.82) is 0 Å². The summed E-state index contributed by atoms with van der Waals surface area (Å²) in [5.74, 6) is 1.88. The summed E-state index contributed by atoms with van der Waals surface area (Å²) in [6, 6.07) is 0. The van der Waals surface area contributed by atoms with Gasteiger partial charge >= 0.3 is 0 Å². The van der Waals surface area contributed by atoms with Crippen LogP contribution in [-0.4, -0.2) is 50.6 Å². The van der Waals surface area contributed by atoms with E-state index in [2.05, 4.69) is 9.80 Å². The minimum Gasteiger partial charge on any atom is -0.496 e. The zero-order valence-electron chi connectivity index (χ0n) is 21.2. The summed E-state index contributed by atoms with van der Waals surface area (Å²) in [7, 11) is 3.55. The number of anilines is 2. The first kappa shape index (κ1) is 23.0. The van der Waals surface area contributed by atoms with Gasteiger partial charge in [-0.2, -0.15) is 0 Å². The Kier molecular flexibility index (Phi) is 6.05. The van der Waals surface area contributed by atoms with Crippen LogP contribution in [0.3, 0.4) is 0 Å². The van der Waals surface area contributed by atoms with Crippen LogP contribution >= 0.6 is 0 Å². The van der Waals surface area contributed by atoms with Gasteiger partial charge in [0.05, 0.1) is 33.1 Å². The number of hydrogen-bond acceptors (Lipinski definition) is 6. The van der Waals surface area contributed by atoms with Crippen LogP contribution in [0.25, 0.3) is 0 Å². The summed E-state index contributed by atoms with van der Waals surface area (Å²) in [5, 5.41) is 21.3. The number of aliphatic hydroxyl groups excluding tert-OH is 2. The molecule has 0 fully saturated rings. The van der Waals surface area contributed by atoms with E-state index < -0.39 is 0 Å². The number of ether oxygens (including phenoxy) is 2. The summed E-state index contributed by atoms with van der Waals surface area (Å²) in [4.78, 5) is 5.00. The minimum absolute atomic E-state index is 0.00497. The maximum atomic E-state index is 10.7. The van der Waals surface area contributed by atoms with E-state index in [1.165, 1.54) is 33.6 Å². The molecule has 0 aliphatic carbocycles. The highest BCUT2D eigenvalue weighted by Crippen LogP contribution is 2.50. The zero-order valence-corrected chi connectivity index (χ0v) is 21.2. The van der Waals surface area contributed by atoms with Gasteiger partial charge in [0.15, 0.2) is 0 Å². The maximum absolute atomic E-state index is 10.7. The van der Waals surface area contributed by atoms with Gasteiger partial charge in [0, 0.05) is 55.0 Å². The highest BCUT2D eigenvalue weighted by atomic mass is 16.5. The maximum Gasteiger partial charge on any atom is 0.131 e. The summed E-state index contributed by atoms with van der Waals surface area (Å²) in [5.41, 5.74) is 12.0. The lowest BCUT2D eigenvalue weighted by molar-refractivity contribution is 0.270. The second-order valence-corrected chi connectivity index (χ2v) is 10.5. The molecule has 4 aliphatic heterocycles. The molecule has 0 spiro atoms. The van der Waals surface area contributed by atoms with Crippen molar-refractivity contribution in [1.82, 2.24) is 0 Å². The van der Waals surface area contributed by atoms with E-state index >= 15 is 0 Å². The number of methoxy groups -OCH3 is 2. The zero-order chi connectivity index (χ0) is 24.1. The van der Waals surface area contributed by atoms with E-state index in [1.54, 1.807) is 14.2 Å². The summed E-state index contributed by atoms with van der Waals surface area (Å²) >= 11 is 0. The SMILES string of the molecule is COc1c(Cc2c(CO)c3c4c(c2CO)CCCN4CCC3)c(OC)c2c3c1CCCN3CCC2. The molecule has 35 heavy (non-hydrogen) atoms. The molecule has 4 heterocycles. The molecule has 0 unspecified atom stereocenters. The molecule has 6 nitrogen and oxygen atoms in total. The molecule has 6 rings (SSSR count). The van der Waals surface area contributed by atoms with Crippen molar-refractivity contribution < 1.29 is 19.7 Å². The van der Waals surface area contributed by atoms with Gasteiger partial charge in [0.1, 0.15) is 11.5 Å². The number of aliphatic hydroxyl groups is 2. The van der Waals surface area contributed by atoms with Gasteiger partial charge in [-0.25, -0.2) is 0 Å². The predicted molar refractivity (Wildman–Crippen MR) is 138 cm³/mol. The van der Waals surface area contributed by atoms with E-state index in [0.717, 1.165) is 111 Å². The molecule has 0 aromatic heterocycles. The molecule has 0 saturated heterocycles. The Bertz CT molecular complexity index is 991. The first-order chi connectivity index (χ1) is 17.2. The van der Waals surface area contributed by atoms with Gasteiger partial charge < -0.3 is 29.5 Å². The number of rotatable bonds is 6. The molecule has 188 valence electrons. The van der Waals surface area contributed by atoms with E-state index in [-0.39, 0.29) is 13.2 Å². The topological polar surface area (TPSA) is 65.4 Å². The van der Waals surface area contributed by atoms with E-state index in [0.29, 0.717) is 6.42 Å². The van der Waals surface area contributed by atoms with Crippen molar-refractivity contribution in [3.63, 3.8) is 0 Å². The van der Waals surface area contributed by atoms with Crippen LogP contribution in [0.4, 0.5) is 11.4 Å². The monoisotopic (exact) mass is 478 g/mol. The molecule has 6 heteroatoms. The Morgan fingerprint density at radius 3 is 1.37 bits per heavy atom. The predicted octanol–water partition coefficient (Wildman–Crippen LogP) is 3.68. The second-order valence-electron chi connectivity index (χ2n) is 10.5. The lowest BCUT2D eigenvalue weighted by atomic mass is 9.79. The van der Waals surface area contributed by atoms with E-state index in [9.17, 15) is 10.2 Å². The first-order valence-corrected chi connectivity index (χ1v) is 13.4. The fraction of sp³-hybridized carbons (Fsp3) is 0.586. The third kappa shape index (κ3) is 3.44. The number of benzene rings is 2. The smallest absolute Gasteiger partial charge is 0.131 e. The molecular formula is C29H38N2O4. The second kappa shape index (κ2) is 9.21. The molecule has 2 N–H and O–H groups in total. The molecule has 0 saturated carbocycles. The quantitative estimate of drug-likeness (QED) is 0.661. The fourth-order valence-corrected chi connectivity index (χ4v) is 7.53. The lowest BCUT2D eigenvalue weighted by Crippen LogP contribution is -2.36. The molecule has 0 amide bonds. The normalized spacial score (nSPS) is 18.3. The van der Waals surface area contributed by atoms with Crippen LogP contribution in [0.1, 0.15) is 70.2 Å². The Hall–Kier alpha value is -2.44. The molecule has 0 radical (unpaired) electrons. The standard InChI is InChI=1S/C29H38N2O4/c1-34-28-20-9-5-13-31-14-6-10-21(27(20)31)29(35-2)23(28)15-22-24(16-32)18-7-3-11-30-12-4-8-19(26(18)30)25(22)17-33/h32-33H,3-17H2,1-2H3. The van der Waals surface area contributed by atoms with Gasteiger partial charge in [-0.3, -0.25) is 0 Å². The van der Waals surface area contributed by atoms with Crippen LogP contribution in [0.2, 0.25) is 0 Å². The lowest BCUT2D eigenvalue weighted by Gasteiger charge is -2.40. The van der Waals surface area contributed by atoms with Gasteiger partial charge in [-0.1, -0.05) is 0 Å². The third-order valence-corrected chi connectivity index (χ3v) is 8.83. The van der Waals surface area contributed by atoms with Crippen LogP contribution in [0.5, 0.6) is 11.5 Å². The summed E-state index contributed by atoms with van der Waals surface area (Å²) < 4.78 is 12.3. The molecule has 2 aromatic rings. The van der Waals surface area contributed by atoms with Gasteiger partial charge in [-0.05, 0) is 79.2 Å². The fourth-order valence-electron chi connectivity index (χ4n) is 7.53. The highest BCUT2D eigenvalue weighted by molar-refractivity contribution is 5.76. The van der Waals surface area contributed by atoms with E-state index in [4.69, 9.17) is 9.47 Å². The van der Waals surface area contributed by atoms with Gasteiger partial charge in [0.25, 0.3) is 0 Å². The average Bonchev–Trinajstić information content (AvgIpc) is 2.90. The van der Waals surface area contributed by atoms with E-state index in [1.807, 2.05) is 0 Å². The van der Waals surface area contributed by atoms with Crippen LogP contribution in [0.15, 0.2) is 0 Å². The van der Waals surface area contributed by atoms with Crippen molar-refractivity contribution in [3.05, 3.63) is 44.5 Å².